The molecule has 1 N–H and O–H groups in total. The van der Waals surface area contributed by atoms with Gasteiger partial charge in [0.15, 0.2) is 5.65 Å². The molecule has 4 aromatic heterocycles. The molecule has 2 aliphatic heterocycles. The van der Waals surface area contributed by atoms with Gasteiger partial charge in [-0.2, -0.15) is 20.4 Å². The van der Waals surface area contributed by atoms with E-state index in [0.717, 1.165) is 37.5 Å². The number of aromatic nitrogens is 7. The Morgan fingerprint density at radius 1 is 1.09 bits per heavy atom. The fourth-order valence-electron chi connectivity index (χ4n) is 6.69. The quantitative estimate of drug-likeness (QED) is 0.333. The van der Waals surface area contributed by atoms with Gasteiger partial charge in [-0.25, -0.2) is 4.52 Å². The van der Waals surface area contributed by atoms with E-state index in [1.165, 1.54) is 37.7 Å². The van der Waals surface area contributed by atoms with E-state index in [1.54, 1.807) is 21.6 Å². The molecule has 2 saturated heterocycles. The summed E-state index contributed by atoms with van der Waals surface area (Å²) in [6, 6.07) is 6.41. The van der Waals surface area contributed by atoms with Gasteiger partial charge in [-0.3, -0.25) is 14.2 Å². The van der Waals surface area contributed by atoms with Crippen molar-refractivity contribution in [2.75, 3.05) is 56.5 Å². The van der Waals surface area contributed by atoms with E-state index in [9.17, 15) is 10.1 Å². The summed E-state index contributed by atoms with van der Waals surface area (Å²) in [5.74, 6) is 1.10. The number of hydrogen-bond acceptors (Lipinski definition) is 9. The zero-order valence-electron chi connectivity index (χ0n) is 24.6. The van der Waals surface area contributed by atoms with Crippen molar-refractivity contribution in [3.8, 4) is 6.07 Å². The van der Waals surface area contributed by atoms with Crippen LogP contribution in [0.3, 0.4) is 0 Å². The zero-order chi connectivity index (χ0) is 29.4. The summed E-state index contributed by atoms with van der Waals surface area (Å²) in [6.07, 6.45) is 16.3. The summed E-state index contributed by atoms with van der Waals surface area (Å²) in [7, 11) is 2.07. The molecule has 3 fully saturated rings. The Kier molecular flexibility index (Phi) is 7.22. The second-order valence-electron chi connectivity index (χ2n) is 12.3. The van der Waals surface area contributed by atoms with E-state index < -0.39 is 0 Å². The van der Waals surface area contributed by atoms with Crippen LogP contribution in [0.1, 0.15) is 50.0 Å². The molecule has 3 aliphatic rings. The Bertz CT molecular complexity index is 1630. The molecular formula is C30H38N12O. The number of nitrogens with zero attached hydrogens (tertiary/aromatic N) is 11. The van der Waals surface area contributed by atoms with Gasteiger partial charge in [0.2, 0.25) is 11.9 Å². The maximum atomic E-state index is 12.7. The van der Waals surface area contributed by atoms with Crippen LogP contribution in [0.25, 0.3) is 5.65 Å². The third-order valence-corrected chi connectivity index (χ3v) is 9.27. The molecule has 0 bridgehead atoms. The standard InChI is InChI=1S/C30H38N12O/c1-37-12-14-38(15-13-37)27(43)20-40-19-25(17-32-40)34-29-35-28-26(8-5-11-41(28)36-29)39-21-30(22-39,9-10-31)42-18-24(16-33-42)23-6-3-2-4-7-23/h5,8,11,16-19,23H,2-4,6-7,9,12-15,20-22H2,1H3,(H,34,36). The molecular weight excluding hydrogens is 544 g/mol. The first-order valence-corrected chi connectivity index (χ1v) is 15.3. The normalized spacial score (nSPS) is 19.3. The van der Waals surface area contributed by atoms with Crippen molar-refractivity contribution in [1.29, 1.82) is 5.26 Å². The van der Waals surface area contributed by atoms with Crippen LogP contribution in [0, 0.1) is 11.3 Å². The molecule has 0 unspecified atom stereocenters. The van der Waals surface area contributed by atoms with Crippen molar-refractivity contribution in [2.24, 2.45) is 0 Å². The highest BCUT2D eigenvalue weighted by atomic mass is 16.2. The molecule has 13 heteroatoms. The lowest BCUT2D eigenvalue weighted by molar-refractivity contribution is -0.133. The predicted molar refractivity (Wildman–Crippen MR) is 161 cm³/mol. The van der Waals surface area contributed by atoms with Gasteiger partial charge in [-0.05, 0) is 43.5 Å². The van der Waals surface area contributed by atoms with Crippen molar-refractivity contribution in [3.05, 3.63) is 48.7 Å². The van der Waals surface area contributed by atoms with Gasteiger partial charge in [0, 0.05) is 57.9 Å². The van der Waals surface area contributed by atoms with E-state index in [4.69, 9.17) is 10.1 Å². The number of carbonyl (C=O) groups is 1. The Balaban J connectivity index is 1.03. The van der Waals surface area contributed by atoms with Gasteiger partial charge in [0.05, 0.1) is 36.3 Å². The number of nitrogens with one attached hydrogen (secondary N) is 1. The number of pyridine rings is 1. The smallest absolute Gasteiger partial charge is 0.247 e. The summed E-state index contributed by atoms with van der Waals surface area (Å²) in [5, 5.41) is 26.7. The lowest BCUT2D eigenvalue weighted by Gasteiger charge is -2.50. The molecule has 1 amide bonds. The van der Waals surface area contributed by atoms with Gasteiger partial charge in [-0.15, -0.1) is 5.10 Å². The summed E-state index contributed by atoms with van der Waals surface area (Å²) in [6.45, 7) is 4.82. The van der Waals surface area contributed by atoms with E-state index in [2.05, 4.69) is 44.6 Å². The van der Waals surface area contributed by atoms with Crippen LogP contribution in [0.4, 0.5) is 17.3 Å². The highest BCUT2D eigenvalue weighted by Crippen LogP contribution is 2.39. The number of nitriles is 1. The topological polar surface area (TPSA) is 128 Å². The molecule has 0 radical (unpaired) electrons. The molecule has 1 saturated carbocycles. The molecule has 7 rings (SSSR count). The molecule has 0 spiro atoms. The van der Waals surface area contributed by atoms with Crippen molar-refractivity contribution in [3.63, 3.8) is 0 Å². The van der Waals surface area contributed by atoms with Gasteiger partial charge in [0.1, 0.15) is 12.1 Å². The Hall–Kier alpha value is -4.44. The fourth-order valence-corrected chi connectivity index (χ4v) is 6.69. The molecule has 0 aromatic carbocycles. The number of likely N-dealkylation sites (N-methyl/N-ethyl adjacent to an activating group) is 1. The molecule has 4 aromatic rings. The SMILES string of the molecule is CN1CCN(C(=O)Cn2cc(Nc3nc4c(N5CC(CC#N)(n6cc(C7CCCCC7)cn6)C5)cccn4n3)cn2)CC1. The third kappa shape index (κ3) is 5.43. The van der Waals surface area contributed by atoms with Gasteiger partial charge in [0.25, 0.3) is 0 Å². The van der Waals surface area contributed by atoms with E-state index >= 15 is 0 Å². The lowest BCUT2D eigenvalue weighted by atomic mass is 9.84. The van der Waals surface area contributed by atoms with Crippen LogP contribution in [0.2, 0.25) is 0 Å². The summed E-state index contributed by atoms with van der Waals surface area (Å²) < 4.78 is 5.45. The minimum absolute atomic E-state index is 0.0700. The molecule has 1 aliphatic carbocycles. The Labute approximate surface area is 250 Å². The lowest BCUT2D eigenvalue weighted by Crippen LogP contribution is -2.63. The van der Waals surface area contributed by atoms with Crippen LogP contribution >= 0.6 is 0 Å². The van der Waals surface area contributed by atoms with Crippen LogP contribution < -0.4 is 10.2 Å². The van der Waals surface area contributed by atoms with Crippen molar-refractivity contribution >= 4 is 28.9 Å². The number of hydrogen-bond donors (Lipinski definition) is 1. The average molecular weight is 583 g/mol. The van der Waals surface area contributed by atoms with E-state index in [0.29, 0.717) is 37.1 Å². The van der Waals surface area contributed by atoms with Gasteiger partial charge < -0.3 is 20.0 Å². The molecule has 224 valence electrons. The number of anilines is 3. The van der Waals surface area contributed by atoms with E-state index in [-0.39, 0.29) is 18.0 Å². The number of amides is 1. The van der Waals surface area contributed by atoms with Crippen LogP contribution in [-0.4, -0.2) is 96.2 Å². The molecule has 0 atom stereocenters. The monoisotopic (exact) mass is 582 g/mol. The zero-order valence-corrected chi connectivity index (χ0v) is 24.6. The third-order valence-electron chi connectivity index (χ3n) is 9.27. The Morgan fingerprint density at radius 2 is 1.91 bits per heavy atom. The minimum Gasteiger partial charge on any atom is -0.363 e. The first kappa shape index (κ1) is 27.4. The van der Waals surface area contributed by atoms with E-state index in [1.807, 2.05) is 34.1 Å². The van der Waals surface area contributed by atoms with Gasteiger partial charge in [-0.1, -0.05) is 19.3 Å². The fraction of sp³-hybridized carbons (Fsp3) is 0.533. The van der Waals surface area contributed by atoms with Crippen LogP contribution in [0.15, 0.2) is 43.1 Å². The average Bonchev–Trinajstić information content (AvgIpc) is 3.76. The highest BCUT2D eigenvalue weighted by molar-refractivity contribution is 5.76. The maximum absolute atomic E-state index is 12.7. The second kappa shape index (κ2) is 11.3. The summed E-state index contributed by atoms with van der Waals surface area (Å²) >= 11 is 0. The maximum Gasteiger partial charge on any atom is 0.247 e. The van der Waals surface area contributed by atoms with Crippen molar-refractivity contribution < 1.29 is 4.79 Å². The second-order valence-corrected chi connectivity index (χ2v) is 12.3. The summed E-state index contributed by atoms with van der Waals surface area (Å²) in [5.41, 5.74) is 3.36. The number of piperazine rings is 1. The largest absolute Gasteiger partial charge is 0.363 e. The molecule has 13 nitrogen and oxygen atoms in total. The van der Waals surface area contributed by atoms with Gasteiger partial charge >= 0.3 is 0 Å². The van der Waals surface area contributed by atoms with Crippen molar-refractivity contribution in [1.82, 2.24) is 44.0 Å². The minimum atomic E-state index is -0.355. The first-order chi connectivity index (χ1) is 21.0. The first-order valence-electron chi connectivity index (χ1n) is 15.3. The summed E-state index contributed by atoms with van der Waals surface area (Å²) in [4.78, 5) is 23.9. The predicted octanol–water partition coefficient (Wildman–Crippen LogP) is 2.82. The number of carbonyl (C=O) groups excluding carboxylic acids is 1. The molecule has 6 heterocycles. The van der Waals surface area contributed by atoms with Crippen molar-refractivity contribution in [2.45, 2.75) is 56.5 Å². The molecule has 43 heavy (non-hydrogen) atoms. The number of rotatable bonds is 8. The highest BCUT2D eigenvalue weighted by Gasteiger charge is 2.46. The van der Waals surface area contributed by atoms with Crippen LogP contribution in [-0.2, 0) is 16.9 Å². The number of fused-ring (bicyclic) bond motifs is 1. The van der Waals surface area contributed by atoms with Crippen LogP contribution in [0.5, 0.6) is 0 Å². The Morgan fingerprint density at radius 3 is 2.70 bits per heavy atom.